The van der Waals surface area contributed by atoms with E-state index in [2.05, 4.69) is 15.1 Å². The van der Waals surface area contributed by atoms with Crippen LogP contribution in [0, 0.1) is 23.2 Å². The number of pyridine rings is 1. The first-order valence-electron chi connectivity index (χ1n) is 10.1. The van der Waals surface area contributed by atoms with E-state index in [1.54, 1.807) is 17.0 Å². The Morgan fingerprint density at radius 2 is 2.20 bits per heavy atom. The summed E-state index contributed by atoms with van der Waals surface area (Å²) in [5, 5.41) is 13.9. The molecule has 1 amide bonds. The summed E-state index contributed by atoms with van der Waals surface area (Å²) in [5.74, 6) is 1.99. The Morgan fingerprint density at radius 1 is 1.40 bits per heavy atom. The summed E-state index contributed by atoms with van der Waals surface area (Å²) in [6.07, 6.45) is 3.69. The second kappa shape index (κ2) is 8.53. The van der Waals surface area contributed by atoms with Gasteiger partial charge in [-0.2, -0.15) is 10.2 Å². The number of likely N-dealkylation sites (tertiary alicyclic amines) is 1. The van der Waals surface area contributed by atoms with Crippen LogP contribution in [0.1, 0.15) is 38.2 Å². The molecular formula is C21H23N5O4. The second-order valence-electron chi connectivity index (χ2n) is 7.91. The third-order valence-electron chi connectivity index (χ3n) is 5.11. The van der Waals surface area contributed by atoms with Gasteiger partial charge in [-0.15, -0.1) is 0 Å². The highest BCUT2D eigenvalue weighted by Gasteiger charge is 2.26. The van der Waals surface area contributed by atoms with Crippen molar-refractivity contribution in [2.45, 2.75) is 33.1 Å². The van der Waals surface area contributed by atoms with Gasteiger partial charge in [-0.25, -0.2) is 9.78 Å². The molecule has 0 atom stereocenters. The van der Waals surface area contributed by atoms with Gasteiger partial charge in [0.2, 0.25) is 0 Å². The first-order valence-corrected chi connectivity index (χ1v) is 10.1. The lowest BCUT2D eigenvalue weighted by molar-refractivity contribution is 0.0788. The summed E-state index contributed by atoms with van der Waals surface area (Å²) in [4.78, 5) is 22.3. The van der Waals surface area contributed by atoms with E-state index in [0.717, 1.165) is 12.8 Å². The van der Waals surface area contributed by atoms with Gasteiger partial charge in [-0.3, -0.25) is 0 Å². The molecule has 1 aliphatic rings. The molecule has 1 aliphatic heterocycles. The molecule has 0 saturated carbocycles. The maximum atomic E-state index is 12.1. The van der Waals surface area contributed by atoms with Crippen molar-refractivity contribution < 1.29 is 18.5 Å². The van der Waals surface area contributed by atoms with Crippen molar-refractivity contribution in [3.8, 4) is 17.7 Å². The number of hydrogen-bond donors (Lipinski definition) is 0. The minimum absolute atomic E-state index is 0.236. The van der Waals surface area contributed by atoms with Crippen LogP contribution in [0.15, 0.2) is 27.3 Å². The maximum absolute atomic E-state index is 12.1. The van der Waals surface area contributed by atoms with E-state index in [1.807, 2.05) is 19.9 Å². The predicted octanol–water partition coefficient (Wildman–Crippen LogP) is 3.80. The molecule has 0 aliphatic carbocycles. The number of amides is 1. The molecule has 0 bridgehead atoms. The topological polar surface area (TPSA) is 118 Å². The lowest BCUT2D eigenvalue weighted by Gasteiger charge is -2.30. The summed E-state index contributed by atoms with van der Waals surface area (Å²) in [6.45, 7) is 5.81. The van der Waals surface area contributed by atoms with E-state index in [4.69, 9.17) is 13.7 Å². The monoisotopic (exact) mass is 409 g/mol. The number of carbonyl (C=O) groups is 1. The van der Waals surface area contributed by atoms with E-state index in [-0.39, 0.29) is 12.0 Å². The summed E-state index contributed by atoms with van der Waals surface area (Å²) < 4.78 is 16.4. The van der Waals surface area contributed by atoms with Gasteiger partial charge in [-0.05, 0) is 30.7 Å². The number of hydrogen-bond acceptors (Lipinski definition) is 8. The molecule has 0 radical (unpaired) electrons. The molecule has 30 heavy (non-hydrogen) atoms. The van der Waals surface area contributed by atoms with Crippen LogP contribution in [-0.2, 0) is 11.2 Å². The van der Waals surface area contributed by atoms with Gasteiger partial charge >= 0.3 is 6.09 Å². The smallest absolute Gasteiger partial charge is 0.409 e. The Labute approximate surface area is 173 Å². The zero-order valence-corrected chi connectivity index (χ0v) is 17.0. The number of carbonyl (C=O) groups excluding carboxylic acids is 1. The van der Waals surface area contributed by atoms with E-state index < -0.39 is 0 Å². The normalized spacial score (nSPS) is 14.9. The summed E-state index contributed by atoms with van der Waals surface area (Å²) in [6, 6.07) is 5.43. The number of ether oxygens (including phenoxy) is 1. The highest BCUT2D eigenvalue weighted by molar-refractivity contribution is 5.85. The Morgan fingerprint density at radius 3 is 2.93 bits per heavy atom. The summed E-state index contributed by atoms with van der Waals surface area (Å²) in [5.41, 5.74) is 0.842. The predicted molar refractivity (Wildman–Crippen MR) is 106 cm³/mol. The zero-order chi connectivity index (χ0) is 21.1. The average molecular weight is 409 g/mol. The molecule has 3 aromatic rings. The number of rotatable bonds is 5. The van der Waals surface area contributed by atoms with Crippen molar-refractivity contribution in [2.75, 3.05) is 19.7 Å². The quantitative estimate of drug-likeness (QED) is 0.624. The highest BCUT2D eigenvalue weighted by atomic mass is 16.6. The van der Waals surface area contributed by atoms with Crippen LogP contribution in [-0.4, -0.2) is 45.8 Å². The molecule has 3 aromatic heterocycles. The average Bonchev–Trinajstić information content (AvgIpc) is 3.39. The number of furan rings is 1. The van der Waals surface area contributed by atoms with Crippen molar-refractivity contribution in [1.29, 1.82) is 5.26 Å². The lowest BCUT2D eigenvalue weighted by Crippen LogP contribution is -2.39. The fourth-order valence-electron chi connectivity index (χ4n) is 3.50. The number of piperidine rings is 1. The fourth-order valence-corrected chi connectivity index (χ4v) is 3.50. The standard InChI is InChI=1S/C21H23N5O4/c1-13(2)12-28-21(27)26-7-4-14(5-8-26)9-19-24-20(30-25-19)18-10-15-16(11-22)23-6-3-17(15)29-18/h3,6,10,13-14H,4-5,7-9,12H2,1-2H3. The van der Waals surface area contributed by atoms with Crippen LogP contribution in [0.25, 0.3) is 22.6 Å². The Balaban J connectivity index is 1.36. The van der Waals surface area contributed by atoms with Crippen LogP contribution in [0.4, 0.5) is 4.79 Å². The lowest BCUT2D eigenvalue weighted by atomic mass is 9.93. The van der Waals surface area contributed by atoms with Gasteiger partial charge in [0.15, 0.2) is 17.3 Å². The highest BCUT2D eigenvalue weighted by Crippen LogP contribution is 2.29. The van der Waals surface area contributed by atoms with Crippen molar-refractivity contribution in [2.24, 2.45) is 11.8 Å². The molecular weight excluding hydrogens is 386 g/mol. The minimum atomic E-state index is -0.236. The van der Waals surface area contributed by atoms with Crippen LogP contribution >= 0.6 is 0 Å². The van der Waals surface area contributed by atoms with E-state index >= 15 is 0 Å². The Kier molecular flexibility index (Phi) is 5.65. The van der Waals surface area contributed by atoms with E-state index in [9.17, 15) is 10.1 Å². The van der Waals surface area contributed by atoms with Gasteiger partial charge in [0.05, 0.1) is 12.0 Å². The molecule has 0 spiro atoms. The first kappa shape index (κ1) is 19.9. The number of fused-ring (bicyclic) bond motifs is 1. The van der Waals surface area contributed by atoms with E-state index in [1.165, 1.54) is 6.20 Å². The van der Waals surface area contributed by atoms with E-state index in [0.29, 0.717) is 66.2 Å². The molecule has 1 fully saturated rings. The van der Waals surface area contributed by atoms with Crippen molar-refractivity contribution in [3.63, 3.8) is 0 Å². The molecule has 4 heterocycles. The van der Waals surface area contributed by atoms with Crippen molar-refractivity contribution in [3.05, 3.63) is 29.8 Å². The van der Waals surface area contributed by atoms with Gasteiger partial charge in [-0.1, -0.05) is 19.0 Å². The van der Waals surface area contributed by atoms with Gasteiger partial charge in [0, 0.05) is 31.8 Å². The molecule has 0 unspecified atom stereocenters. The van der Waals surface area contributed by atoms with Crippen molar-refractivity contribution in [1.82, 2.24) is 20.0 Å². The number of nitrogens with zero attached hydrogens (tertiary/aromatic N) is 5. The van der Waals surface area contributed by atoms with Gasteiger partial charge < -0.3 is 18.6 Å². The molecule has 4 rings (SSSR count). The van der Waals surface area contributed by atoms with Crippen molar-refractivity contribution >= 4 is 17.1 Å². The first-order chi connectivity index (χ1) is 14.5. The molecule has 9 nitrogen and oxygen atoms in total. The van der Waals surface area contributed by atoms with Crippen LogP contribution in [0.3, 0.4) is 0 Å². The van der Waals surface area contributed by atoms with Gasteiger partial charge in [0.1, 0.15) is 11.7 Å². The second-order valence-corrected chi connectivity index (χ2v) is 7.91. The SMILES string of the molecule is CC(C)COC(=O)N1CCC(Cc2noc(-c3cc4c(C#N)nccc4o3)n2)CC1. The number of nitriles is 1. The third-order valence-corrected chi connectivity index (χ3v) is 5.11. The molecule has 0 N–H and O–H groups in total. The van der Waals surface area contributed by atoms with Crippen LogP contribution in [0.2, 0.25) is 0 Å². The largest absolute Gasteiger partial charge is 0.451 e. The molecule has 1 saturated heterocycles. The van der Waals surface area contributed by atoms with Gasteiger partial charge in [0.25, 0.3) is 5.89 Å². The Bertz CT molecular complexity index is 1070. The third kappa shape index (κ3) is 4.27. The summed E-state index contributed by atoms with van der Waals surface area (Å²) >= 11 is 0. The van der Waals surface area contributed by atoms with Crippen LogP contribution < -0.4 is 0 Å². The van der Waals surface area contributed by atoms with Crippen LogP contribution in [0.5, 0.6) is 0 Å². The fraction of sp³-hybridized carbons (Fsp3) is 0.476. The maximum Gasteiger partial charge on any atom is 0.409 e. The minimum Gasteiger partial charge on any atom is -0.451 e. The number of aromatic nitrogens is 3. The Hall–Kier alpha value is -3.41. The summed E-state index contributed by atoms with van der Waals surface area (Å²) in [7, 11) is 0. The molecule has 9 heteroatoms. The zero-order valence-electron chi connectivity index (χ0n) is 17.0. The molecule has 0 aromatic carbocycles. The molecule has 156 valence electrons.